The molecule has 4 nitrogen and oxygen atoms in total. The predicted molar refractivity (Wildman–Crippen MR) is 88.3 cm³/mol. The average molecular weight is 282 g/mol. The molecule has 1 aliphatic carbocycles. The second-order valence-corrected chi connectivity index (χ2v) is 6.03. The van der Waals surface area contributed by atoms with Crippen molar-refractivity contribution in [3.05, 3.63) is 0 Å². The summed E-state index contributed by atoms with van der Waals surface area (Å²) in [6.45, 7) is 11.2. The molecule has 118 valence electrons. The first-order valence-electron chi connectivity index (χ1n) is 8.39. The Morgan fingerprint density at radius 2 is 1.85 bits per heavy atom. The van der Waals surface area contributed by atoms with Gasteiger partial charge < -0.3 is 15.5 Å². The maximum atomic E-state index is 4.35. The van der Waals surface area contributed by atoms with Crippen LogP contribution in [-0.2, 0) is 0 Å². The van der Waals surface area contributed by atoms with Gasteiger partial charge in [0.2, 0.25) is 0 Å². The summed E-state index contributed by atoms with van der Waals surface area (Å²) in [6.07, 6.45) is 6.46. The van der Waals surface area contributed by atoms with Gasteiger partial charge in [0.25, 0.3) is 0 Å². The Kier molecular flexibility index (Phi) is 8.67. The van der Waals surface area contributed by atoms with Crippen molar-refractivity contribution < 1.29 is 0 Å². The fourth-order valence-electron chi connectivity index (χ4n) is 2.87. The van der Waals surface area contributed by atoms with Crippen molar-refractivity contribution in [3.8, 4) is 0 Å². The minimum absolute atomic E-state index is 0.607. The van der Waals surface area contributed by atoms with Crippen LogP contribution < -0.4 is 10.6 Å². The molecule has 0 heterocycles. The van der Waals surface area contributed by atoms with E-state index in [-0.39, 0.29) is 0 Å². The molecule has 0 aromatic rings. The molecule has 0 aromatic heterocycles. The smallest absolute Gasteiger partial charge is 0.191 e. The number of hydrogen-bond donors (Lipinski definition) is 2. The SMILES string of the molecule is CCCN(CC)CCNC(=NC)NC1CCC(C)CC1. The van der Waals surface area contributed by atoms with Crippen LogP contribution in [0.3, 0.4) is 0 Å². The number of likely N-dealkylation sites (N-methyl/N-ethyl adjacent to an activating group) is 1. The van der Waals surface area contributed by atoms with E-state index in [2.05, 4.69) is 41.3 Å². The van der Waals surface area contributed by atoms with Crippen LogP contribution in [0.25, 0.3) is 0 Å². The van der Waals surface area contributed by atoms with Crippen molar-refractivity contribution in [1.29, 1.82) is 0 Å². The van der Waals surface area contributed by atoms with E-state index >= 15 is 0 Å². The number of aliphatic imine (C=N–C) groups is 1. The lowest BCUT2D eigenvalue weighted by molar-refractivity contribution is 0.292. The molecule has 2 N–H and O–H groups in total. The number of nitrogens with one attached hydrogen (secondary N) is 2. The Morgan fingerprint density at radius 1 is 1.15 bits per heavy atom. The second kappa shape index (κ2) is 10.0. The van der Waals surface area contributed by atoms with Crippen molar-refractivity contribution in [2.24, 2.45) is 10.9 Å². The molecule has 0 radical (unpaired) electrons. The van der Waals surface area contributed by atoms with Gasteiger partial charge in [0.05, 0.1) is 0 Å². The first-order valence-corrected chi connectivity index (χ1v) is 8.39. The summed E-state index contributed by atoms with van der Waals surface area (Å²) in [5.74, 6) is 1.87. The first kappa shape index (κ1) is 17.3. The van der Waals surface area contributed by atoms with Crippen LogP contribution in [0.1, 0.15) is 52.9 Å². The maximum absolute atomic E-state index is 4.35. The van der Waals surface area contributed by atoms with Crippen LogP contribution in [-0.4, -0.2) is 50.1 Å². The Balaban J connectivity index is 2.22. The molecular formula is C16H34N4. The monoisotopic (exact) mass is 282 g/mol. The summed E-state index contributed by atoms with van der Waals surface area (Å²) >= 11 is 0. The highest BCUT2D eigenvalue weighted by Gasteiger charge is 2.18. The van der Waals surface area contributed by atoms with Gasteiger partial charge in [-0.05, 0) is 51.1 Å². The molecule has 1 rings (SSSR count). The van der Waals surface area contributed by atoms with E-state index in [1.807, 2.05) is 7.05 Å². The lowest BCUT2D eigenvalue weighted by Crippen LogP contribution is -2.46. The normalized spacial score (nSPS) is 23.9. The molecule has 0 unspecified atom stereocenters. The zero-order valence-electron chi connectivity index (χ0n) is 13.9. The molecule has 0 amide bonds. The van der Waals surface area contributed by atoms with Crippen LogP contribution in [0.15, 0.2) is 4.99 Å². The van der Waals surface area contributed by atoms with Crippen LogP contribution >= 0.6 is 0 Å². The van der Waals surface area contributed by atoms with Gasteiger partial charge in [0.15, 0.2) is 5.96 Å². The van der Waals surface area contributed by atoms with E-state index in [0.717, 1.165) is 31.5 Å². The van der Waals surface area contributed by atoms with Crippen molar-refractivity contribution in [2.75, 3.05) is 33.2 Å². The Bertz CT molecular complexity index is 270. The highest BCUT2D eigenvalue weighted by atomic mass is 15.2. The summed E-state index contributed by atoms with van der Waals surface area (Å²) in [5.41, 5.74) is 0. The summed E-state index contributed by atoms with van der Waals surface area (Å²) in [4.78, 5) is 6.82. The highest BCUT2D eigenvalue weighted by molar-refractivity contribution is 5.79. The van der Waals surface area contributed by atoms with E-state index in [4.69, 9.17) is 0 Å². The quantitative estimate of drug-likeness (QED) is 0.556. The molecular weight excluding hydrogens is 248 g/mol. The van der Waals surface area contributed by atoms with E-state index in [1.165, 1.54) is 38.6 Å². The molecule has 1 saturated carbocycles. The molecule has 1 aliphatic rings. The van der Waals surface area contributed by atoms with Gasteiger partial charge in [-0.25, -0.2) is 0 Å². The Hall–Kier alpha value is -0.770. The van der Waals surface area contributed by atoms with Gasteiger partial charge in [-0.1, -0.05) is 20.8 Å². The zero-order chi connectivity index (χ0) is 14.8. The molecule has 0 aliphatic heterocycles. The molecule has 0 aromatic carbocycles. The van der Waals surface area contributed by atoms with Gasteiger partial charge in [-0.3, -0.25) is 4.99 Å². The molecule has 0 bridgehead atoms. The van der Waals surface area contributed by atoms with E-state index in [0.29, 0.717) is 6.04 Å². The Morgan fingerprint density at radius 3 is 2.40 bits per heavy atom. The molecule has 0 saturated heterocycles. The molecule has 4 heteroatoms. The van der Waals surface area contributed by atoms with E-state index in [9.17, 15) is 0 Å². The maximum Gasteiger partial charge on any atom is 0.191 e. The summed E-state index contributed by atoms with van der Waals surface area (Å²) in [6, 6.07) is 0.607. The largest absolute Gasteiger partial charge is 0.355 e. The van der Waals surface area contributed by atoms with E-state index < -0.39 is 0 Å². The topological polar surface area (TPSA) is 39.7 Å². The van der Waals surface area contributed by atoms with E-state index in [1.54, 1.807) is 0 Å². The van der Waals surface area contributed by atoms with Gasteiger partial charge in [-0.2, -0.15) is 0 Å². The van der Waals surface area contributed by atoms with Crippen molar-refractivity contribution in [2.45, 2.75) is 58.9 Å². The number of hydrogen-bond acceptors (Lipinski definition) is 2. The second-order valence-electron chi connectivity index (χ2n) is 6.03. The van der Waals surface area contributed by atoms with Gasteiger partial charge in [-0.15, -0.1) is 0 Å². The lowest BCUT2D eigenvalue weighted by atomic mass is 9.87. The molecule has 1 fully saturated rings. The fraction of sp³-hybridized carbons (Fsp3) is 0.938. The third-order valence-corrected chi connectivity index (χ3v) is 4.29. The number of nitrogens with zero attached hydrogens (tertiary/aromatic N) is 2. The summed E-state index contributed by atoms with van der Waals surface area (Å²) < 4.78 is 0. The summed E-state index contributed by atoms with van der Waals surface area (Å²) in [7, 11) is 1.87. The van der Waals surface area contributed by atoms with Gasteiger partial charge in [0, 0.05) is 26.2 Å². The third-order valence-electron chi connectivity index (χ3n) is 4.29. The predicted octanol–water partition coefficient (Wildman–Crippen LogP) is 2.46. The summed E-state index contributed by atoms with van der Waals surface area (Å²) in [5, 5.41) is 7.02. The standard InChI is InChI=1S/C16H34N4/c1-5-12-20(6-2)13-11-18-16(17-4)19-15-9-7-14(3)8-10-15/h14-15H,5-13H2,1-4H3,(H2,17,18,19). The van der Waals surface area contributed by atoms with Crippen molar-refractivity contribution >= 4 is 5.96 Å². The minimum atomic E-state index is 0.607. The van der Waals surface area contributed by atoms with Crippen LogP contribution in [0.5, 0.6) is 0 Å². The fourth-order valence-corrected chi connectivity index (χ4v) is 2.87. The molecule has 0 spiro atoms. The minimum Gasteiger partial charge on any atom is -0.355 e. The molecule has 0 atom stereocenters. The van der Waals surface area contributed by atoms with Gasteiger partial charge >= 0.3 is 0 Å². The third kappa shape index (κ3) is 6.60. The van der Waals surface area contributed by atoms with Crippen LogP contribution in [0.2, 0.25) is 0 Å². The van der Waals surface area contributed by atoms with Crippen LogP contribution in [0.4, 0.5) is 0 Å². The van der Waals surface area contributed by atoms with Crippen molar-refractivity contribution in [1.82, 2.24) is 15.5 Å². The number of rotatable bonds is 7. The van der Waals surface area contributed by atoms with Crippen molar-refractivity contribution in [3.63, 3.8) is 0 Å². The lowest BCUT2D eigenvalue weighted by Gasteiger charge is -2.28. The molecule has 20 heavy (non-hydrogen) atoms. The first-order chi connectivity index (χ1) is 9.69. The highest BCUT2D eigenvalue weighted by Crippen LogP contribution is 2.23. The van der Waals surface area contributed by atoms with Crippen LogP contribution in [0, 0.1) is 5.92 Å². The average Bonchev–Trinajstić information content (AvgIpc) is 2.47. The zero-order valence-corrected chi connectivity index (χ0v) is 13.9. The van der Waals surface area contributed by atoms with Gasteiger partial charge in [0.1, 0.15) is 0 Å². The number of guanidine groups is 1. The Labute approximate surface area is 125 Å².